The van der Waals surface area contributed by atoms with Gasteiger partial charge in [0.25, 0.3) is 0 Å². The van der Waals surface area contributed by atoms with Gasteiger partial charge in [0.2, 0.25) is 0 Å². The fourth-order valence-electron chi connectivity index (χ4n) is 3.12. The number of hydrogen-bond acceptors (Lipinski definition) is 6. The number of hydrogen-bond donors (Lipinski definition) is 0. The number of halogens is 1. The molecule has 0 N–H and O–H groups in total. The van der Waals surface area contributed by atoms with Crippen LogP contribution in [0.15, 0.2) is 36.9 Å². The Morgan fingerprint density at radius 1 is 1.30 bits per heavy atom. The van der Waals surface area contributed by atoms with Gasteiger partial charge < -0.3 is 4.74 Å². The highest BCUT2D eigenvalue weighted by Gasteiger charge is 2.19. The molecule has 27 heavy (non-hydrogen) atoms. The van der Waals surface area contributed by atoms with E-state index in [0.29, 0.717) is 17.2 Å². The second-order valence-corrected chi connectivity index (χ2v) is 6.70. The Balaban J connectivity index is 1.62. The second-order valence-electron chi connectivity index (χ2n) is 6.31. The Labute approximate surface area is 159 Å². The lowest BCUT2D eigenvalue weighted by atomic mass is 10.0. The van der Waals surface area contributed by atoms with Gasteiger partial charge in [-0.1, -0.05) is 17.7 Å². The molecule has 0 aromatic carbocycles. The molecule has 0 aliphatic heterocycles. The number of ketones is 1. The van der Waals surface area contributed by atoms with Crippen molar-refractivity contribution >= 4 is 28.7 Å². The van der Waals surface area contributed by atoms with Gasteiger partial charge in [0.15, 0.2) is 16.4 Å². The monoisotopic (exact) mass is 384 g/mol. The van der Waals surface area contributed by atoms with Gasteiger partial charge in [-0.3, -0.25) is 9.20 Å². The van der Waals surface area contributed by atoms with E-state index >= 15 is 0 Å². The van der Waals surface area contributed by atoms with Gasteiger partial charge in [0, 0.05) is 44.0 Å². The molecule has 8 nitrogen and oxygen atoms in total. The van der Waals surface area contributed by atoms with Gasteiger partial charge in [-0.15, -0.1) is 10.2 Å². The summed E-state index contributed by atoms with van der Waals surface area (Å²) in [5, 5.41) is 12.4. The van der Waals surface area contributed by atoms with Gasteiger partial charge in [0.1, 0.15) is 12.1 Å². The summed E-state index contributed by atoms with van der Waals surface area (Å²) < 4.78 is 8.91. The average Bonchev–Trinajstić information content (AvgIpc) is 3.25. The first-order chi connectivity index (χ1) is 13.0. The van der Waals surface area contributed by atoms with E-state index in [0.717, 1.165) is 22.5 Å². The molecule has 0 aliphatic carbocycles. The molecule has 0 radical (unpaired) electrons. The fraction of sp³-hybridized carbons (Fsp3) is 0.278. The molecule has 0 aliphatic rings. The van der Waals surface area contributed by atoms with Crippen molar-refractivity contribution in [1.82, 2.24) is 29.2 Å². The zero-order valence-electron chi connectivity index (χ0n) is 14.8. The van der Waals surface area contributed by atoms with Crippen molar-refractivity contribution in [2.45, 2.75) is 25.9 Å². The molecule has 0 fully saturated rings. The van der Waals surface area contributed by atoms with E-state index < -0.39 is 0 Å². The van der Waals surface area contributed by atoms with Crippen LogP contribution in [0.2, 0.25) is 5.15 Å². The average molecular weight is 385 g/mol. The molecule has 9 heteroatoms. The second kappa shape index (κ2) is 7.05. The van der Waals surface area contributed by atoms with E-state index in [1.807, 2.05) is 25.3 Å². The molecule has 4 rings (SSSR count). The van der Waals surface area contributed by atoms with E-state index in [1.165, 1.54) is 0 Å². The first kappa shape index (κ1) is 17.6. The molecule has 0 saturated heterocycles. The number of pyridine rings is 1. The number of Topliss-reactive ketones (excluding diaryl/α,β-unsaturated/α-hetero) is 1. The highest BCUT2D eigenvalue weighted by molar-refractivity contribution is 6.29. The molecule has 1 atom stereocenters. The number of carbonyl (C=O) groups excluding carboxylic acids is 1. The van der Waals surface area contributed by atoms with Crippen LogP contribution in [0.25, 0.3) is 11.3 Å². The Hall–Kier alpha value is -2.84. The van der Waals surface area contributed by atoms with Crippen LogP contribution in [0.5, 0.6) is 0 Å². The molecule has 0 saturated carbocycles. The number of rotatable bonds is 6. The van der Waals surface area contributed by atoms with Crippen molar-refractivity contribution in [1.29, 1.82) is 0 Å². The smallest absolute Gasteiger partial charge is 0.160 e. The van der Waals surface area contributed by atoms with E-state index in [2.05, 4.69) is 20.3 Å². The Bertz CT molecular complexity index is 1140. The Kier molecular flexibility index (Phi) is 4.59. The SMILES string of the molecule is CO[C@@H](C)c1c(CC(=O)Cc2ccc3nncn3c2)cnc2cc(Cl)nn12. The van der Waals surface area contributed by atoms with Crippen LogP contribution in [-0.4, -0.2) is 42.1 Å². The molecular formula is C18H17ClN6O2. The molecule has 138 valence electrons. The van der Waals surface area contributed by atoms with Crippen LogP contribution in [0.4, 0.5) is 0 Å². The van der Waals surface area contributed by atoms with Crippen LogP contribution < -0.4 is 0 Å². The number of nitrogens with zero attached hydrogens (tertiary/aromatic N) is 6. The van der Waals surface area contributed by atoms with Crippen LogP contribution in [0.3, 0.4) is 0 Å². The molecule has 0 bridgehead atoms. The Morgan fingerprint density at radius 2 is 2.15 bits per heavy atom. The third-order valence-electron chi connectivity index (χ3n) is 4.45. The maximum absolute atomic E-state index is 12.7. The van der Waals surface area contributed by atoms with Crippen molar-refractivity contribution in [3.05, 3.63) is 58.9 Å². The molecule has 4 aromatic rings. The lowest BCUT2D eigenvalue weighted by Gasteiger charge is -2.16. The predicted molar refractivity (Wildman–Crippen MR) is 98.8 cm³/mol. The van der Waals surface area contributed by atoms with E-state index in [9.17, 15) is 4.79 Å². The summed E-state index contributed by atoms with van der Waals surface area (Å²) in [5.74, 6) is 0.0615. The van der Waals surface area contributed by atoms with Crippen molar-refractivity contribution in [3.8, 4) is 0 Å². The topological polar surface area (TPSA) is 86.7 Å². The van der Waals surface area contributed by atoms with Crippen LogP contribution in [0.1, 0.15) is 29.8 Å². The number of ether oxygens (including phenoxy) is 1. The highest BCUT2D eigenvalue weighted by atomic mass is 35.5. The zero-order chi connectivity index (χ0) is 19.0. The van der Waals surface area contributed by atoms with Crippen LogP contribution >= 0.6 is 11.6 Å². The van der Waals surface area contributed by atoms with Gasteiger partial charge in [-0.05, 0) is 18.6 Å². The minimum absolute atomic E-state index is 0.0615. The van der Waals surface area contributed by atoms with E-state index in [1.54, 1.807) is 34.6 Å². The van der Waals surface area contributed by atoms with Crippen molar-refractivity contribution < 1.29 is 9.53 Å². The third-order valence-corrected chi connectivity index (χ3v) is 4.63. The summed E-state index contributed by atoms with van der Waals surface area (Å²) in [7, 11) is 1.61. The number of aromatic nitrogens is 6. The molecule has 0 amide bonds. The molecule has 4 aromatic heterocycles. The number of fused-ring (bicyclic) bond motifs is 2. The highest BCUT2D eigenvalue weighted by Crippen LogP contribution is 2.23. The summed E-state index contributed by atoms with van der Waals surface area (Å²) in [6, 6.07) is 5.40. The summed E-state index contributed by atoms with van der Waals surface area (Å²) in [5.41, 5.74) is 3.80. The van der Waals surface area contributed by atoms with Gasteiger partial charge in [-0.2, -0.15) is 5.10 Å². The minimum Gasteiger partial charge on any atom is -0.375 e. The van der Waals surface area contributed by atoms with Crippen molar-refractivity contribution in [3.63, 3.8) is 0 Å². The van der Waals surface area contributed by atoms with Gasteiger partial charge >= 0.3 is 0 Å². The molecule has 0 unspecified atom stereocenters. The van der Waals surface area contributed by atoms with Crippen molar-refractivity contribution in [2.24, 2.45) is 0 Å². The first-order valence-corrected chi connectivity index (χ1v) is 8.79. The summed E-state index contributed by atoms with van der Waals surface area (Å²) in [6.07, 6.45) is 5.43. The summed E-state index contributed by atoms with van der Waals surface area (Å²) in [4.78, 5) is 17.1. The lowest BCUT2D eigenvalue weighted by Crippen LogP contribution is -2.15. The predicted octanol–water partition coefficient (Wildman–Crippen LogP) is 2.49. The maximum Gasteiger partial charge on any atom is 0.160 e. The minimum atomic E-state index is -0.261. The normalized spacial score (nSPS) is 12.7. The largest absolute Gasteiger partial charge is 0.375 e. The van der Waals surface area contributed by atoms with E-state index in [-0.39, 0.29) is 18.3 Å². The van der Waals surface area contributed by atoms with Crippen LogP contribution in [-0.2, 0) is 22.4 Å². The summed E-state index contributed by atoms with van der Waals surface area (Å²) in [6.45, 7) is 1.90. The zero-order valence-corrected chi connectivity index (χ0v) is 15.6. The first-order valence-electron chi connectivity index (χ1n) is 8.41. The summed E-state index contributed by atoms with van der Waals surface area (Å²) >= 11 is 6.01. The number of methoxy groups -OCH3 is 1. The Morgan fingerprint density at radius 3 is 2.96 bits per heavy atom. The van der Waals surface area contributed by atoms with E-state index in [4.69, 9.17) is 16.3 Å². The molecular weight excluding hydrogens is 368 g/mol. The van der Waals surface area contributed by atoms with Gasteiger partial charge in [0.05, 0.1) is 11.8 Å². The quantitative estimate of drug-likeness (QED) is 0.507. The van der Waals surface area contributed by atoms with Crippen molar-refractivity contribution in [2.75, 3.05) is 7.11 Å². The third kappa shape index (κ3) is 3.41. The number of carbonyl (C=O) groups is 1. The molecule has 4 heterocycles. The maximum atomic E-state index is 12.7. The fourth-order valence-corrected chi connectivity index (χ4v) is 3.29. The lowest BCUT2D eigenvalue weighted by molar-refractivity contribution is -0.117. The molecule has 0 spiro atoms. The van der Waals surface area contributed by atoms with Crippen LogP contribution in [0, 0.1) is 0 Å². The standard InChI is InChI=1S/C18H17ClN6O2/c1-11(27-2)18-13(8-20-17-7-15(19)23-25(17)18)6-14(26)5-12-3-4-16-22-21-10-24(16)9-12/h3-4,7-11H,5-6H2,1-2H3/t11-/m0/s1. The van der Waals surface area contributed by atoms with Gasteiger partial charge in [-0.25, -0.2) is 9.50 Å².